The van der Waals surface area contributed by atoms with Gasteiger partial charge in [0.25, 0.3) is 0 Å². The van der Waals surface area contributed by atoms with Crippen LogP contribution in [0.2, 0.25) is 0 Å². The van der Waals surface area contributed by atoms with Crippen molar-refractivity contribution < 1.29 is 19.8 Å². The van der Waals surface area contributed by atoms with E-state index in [1.54, 1.807) is 12.1 Å². The molecule has 1 aromatic carbocycles. The van der Waals surface area contributed by atoms with Crippen molar-refractivity contribution in [3.63, 3.8) is 0 Å². The van der Waals surface area contributed by atoms with Crippen LogP contribution < -0.4 is 0 Å². The molecule has 0 fully saturated rings. The molecule has 21 heavy (non-hydrogen) atoms. The average molecular weight is 297 g/mol. The molecule has 118 valence electrons. The summed E-state index contributed by atoms with van der Waals surface area (Å²) in [4.78, 5) is 24.0. The summed E-state index contributed by atoms with van der Waals surface area (Å²) >= 11 is 0. The molecule has 0 aliphatic carbocycles. The molecule has 0 bridgehead atoms. The number of carboxylic acid groups (broad SMARTS) is 1. The summed E-state index contributed by atoms with van der Waals surface area (Å²) in [5, 5.41) is 19.6. The van der Waals surface area contributed by atoms with Crippen LogP contribution in [-0.4, -0.2) is 22.8 Å². The third-order valence-corrected chi connectivity index (χ3v) is 2.78. The van der Waals surface area contributed by atoms with Gasteiger partial charge in [0, 0.05) is 0 Å². The topological polar surface area (TPSA) is 96.2 Å². The van der Waals surface area contributed by atoms with E-state index >= 15 is 0 Å². The fourth-order valence-corrected chi connectivity index (χ4v) is 1.64. The molecule has 0 aliphatic heterocycles. The van der Waals surface area contributed by atoms with Crippen molar-refractivity contribution in [3.8, 4) is 5.75 Å². The molecular weight excluding hydrogens is 274 g/mol. The lowest BCUT2D eigenvalue weighted by Crippen LogP contribution is -1.95. The van der Waals surface area contributed by atoms with E-state index in [2.05, 4.69) is 17.1 Å². The maximum Gasteiger partial charge on any atom is 0.339 e. The third kappa shape index (κ3) is 10.4. The van der Waals surface area contributed by atoms with Crippen molar-refractivity contribution in [2.24, 2.45) is 5.34 Å². The molecule has 1 rings (SSSR count). The van der Waals surface area contributed by atoms with Gasteiger partial charge in [-0.3, -0.25) is 0 Å². The van der Waals surface area contributed by atoms with Crippen molar-refractivity contribution in [2.75, 3.05) is 6.61 Å². The Morgan fingerprint density at radius 1 is 1.14 bits per heavy atom. The molecule has 6 nitrogen and oxygen atoms in total. The van der Waals surface area contributed by atoms with Gasteiger partial charge in [-0.15, -0.1) is 4.91 Å². The lowest BCUT2D eigenvalue weighted by Gasteiger charge is -1.97. The molecule has 0 amide bonds. The van der Waals surface area contributed by atoms with Gasteiger partial charge in [-0.05, 0) is 25.0 Å². The van der Waals surface area contributed by atoms with Crippen LogP contribution in [0.25, 0.3) is 0 Å². The van der Waals surface area contributed by atoms with Crippen LogP contribution in [0.4, 0.5) is 0 Å². The summed E-state index contributed by atoms with van der Waals surface area (Å²) < 4.78 is 0. The summed E-state index contributed by atoms with van der Waals surface area (Å²) in [5.74, 6) is -1.31. The van der Waals surface area contributed by atoms with Gasteiger partial charge >= 0.3 is 5.97 Å². The van der Waals surface area contributed by atoms with E-state index in [4.69, 9.17) is 10.2 Å². The van der Waals surface area contributed by atoms with Crippen molar-refractivity contribution in [2.45, 2.75) is 45.4 Å². The Labute approximate surface area is 124 Å². The van der Waals surface area contributed by atoms with E-state index in [0.29, 0.717) is 6.61 Å². The Kier molecular flexibility index (Phi) is 11.6. The van der Waals surface area contributed by atoms with Gasteiger partial charge < -0.3 is 15.1 Å². The van der Waals surface area contributed by atoms with Crippen LogP contribution >= 0.6 is 0 Å². The Balaban J connectivity index is 0.000000382. The number of aromatic hydroxyl groups is 1. The zero-order chi connectivity index (χ0) is 15.9. The predicted octanol–water partition coefficient (Wildman–Crippen LogP) is 4.14. The summed E-state index contributed by atoms with van der Waals surface area (Å²) in [6.45, 7) is 2.68. The number of phenols is 1. The number of carboxylic acids is 1. The van der Waals surface area contributed by atoms with E-state index in [-0.39, 0.29) is 11.3 Å². The second-order valence-corrected chi connectivity index (χ2v) is 4.50. The van der Waals surface area contributed by atoms with Crippen LogP contribution in [0.5, 0.6) is 5.75 Å². The monoisotopic (exact) mass is 297 g/mol. The SMILES string of the molecule is CCCCCCCCON=O.O=C(O)c1ccccc1O. The number of rotatable bonds is 9. The standard InChI is InChI=1S/C8H17NO2.C7H6O3/c1-2-3-4-5-6-7-8-11-9-10;8-6-4-2-1-3-5(6)7(9)10/h2-8H2,1H3;1-4,8H,(H,9,10). The van der Waals surface area contributed by atoms with Gasteiger partial charge in [0.2, 0.25) is 0 Å². The quantitative estimate of drug-likeness (QED) is 0.406. The van der Waals surface area contributed by atoms with Crippen LogP contribution in [-0.2, 0) is 4.84 Å². The highest BCUT2D eigenvalue weighted by Crippen LogP contribution is 2.14. The fourth-order valence-electron chi connectivity index (χ4n) is 1.64. The first-order valence-electron chi connectivity index (χ1n) is 7.09. The lowest BCUT2D eigenvalue weighted by molar-refractivity contribution is 0.0693. The van der Waals surface area contributed by atoms with E-state index in [0.717, 1.165) is 12.8 Å². The maximum atomic E-state index is 10.3. The molecule has 0 aromatic heterocycles. The van der Waals surface area contributed by atoms with Gasteiger partial charge in [-0.2, -0.15) is 0 Å². The van der Waals surface area contributed by atoms with Crippen molar-refractivity contribution >= 4 is 5.97 Å². The Morgan fingerprint density at radius 2 is 1.76 bits per heavy atom. The molecule has 0 heterocycles. The molecule has 0 unspecified atom stereocenters. The number of nitrogens with zero attached hydrogens (tertiary/aromatic N) is 1. The van der Waals surface area contributed by atoms with E-state index in [1.165, 1.54) is 37.8 Å². The van der Waals surface area contributed by atoms with Crippen molar-refractivity contribution in [1.29, 1.82) is 0 Å². The molecule has 2 N–H and O–H groups in total. The Hall–Kier alpha value is -2.11. The summed E-state index contributed by atoms with van der Waals surface area (Å²) in [5.41, 5.74) is -0.0671. The fraction of sp³-hybridized carbons (Fsp3) is 0.533. The van der Waals surface area contributed by atoms with Gasteiger partial charge in [0.15, 0.2) is 5.34 Å². The van der Waals surface area contributed by atoms with Crippen LogP contribution in [0.15, 0.2) is 29.6 Å². The van der Waals surface area contributed by atoms with E-state index in [9.17, 15) is 9.70 Å². The lowest BCUT2D eigenvalue weighted by atomic mass is 10.1. The van der Waals surface area contributed by atoms with Gasteiger partial charge in [-0.1, -0.05) is 44.7 Å². The maximum absolute atomic E-state index is 10.3. The first-order valence-corrected chi connectivity index (χ1v) is 7.09. The minimum absolute atomic E-state index is 0.0671. The molecule has 0 atom stereocenters. The van der Waals surface area contributed by atoms with Gasteiger partial charge in [0.05, 0.1) is 0 Å². The van der Waals surface area contributed by atoms with Gasteiger partial charge in [-0.25, -0.2) is 4.79 Å². The summed E-state index contributed by atoms with van der Waals surface area (Å²) in [7, 11) is 0. The molecular formula is C15H23NO5. The number of unbranched alkanes of at least 4 members (excludes halogenated alkanes) is 5. The highest BCUT2D eigenvalue weighted by Gasteiger charge is 2.05. The highest BCUT2D eigenvalue weighted by atomic mass is 16.7. The molecule has 0 spiro atoms. The molecule has 6 heteroatoms. The number of benzene rings is 1. The molecule has 1 aromatic rings. The van der Waals surface area contributed by atoms with Crippen LogP contribution in [0.3, 0.4) is 0 Å². The number of aromatic carboxylic acids is 1. The number of carbonyl (C=O) groups is 1. The van der Waals surface area contributed by atoms with Crippen LogP contribution in [0.1, 0.15) is 55.8 Å². The molecule has 0 aliphatic rings. The molecule has 0 saturated carbocycles. The Bertz CT molecular complexity index is 409. The minimum atomic E-state index is -1.11. The number of para-hydroxylation sites is 1. The smallest absolute Gasteiger partial charge is 0.339 e. The third-order valence-electron chi connectivity index (χ3n) is 2.78. The van der Waals surface area contributed by atoms with E-state index in [1.807, 2.05) is 0 Å². The van der Waals surface area contributed by atoms with Crippen molar-refractivity contribution in [3.05, 3.63) is 34.7 Å². The molecule has 0 radical (unpaired) electrons. The highest BCUT2D eigenvalue weighted by molar-refractivity contribution is 5.90. The first kappa shape index (κ1) is 18.9. The number of hydrogen-bond acceptors (Lipinski definition) is 5. The normalized spacial score (nSPS) is 9.38. The second-order valence-electron chi connectivity index (χ2n) is 4.50. The average Bonchev–Trinajstić information content (AvgIpc) is 2.47. The molecule has 0 saturated heterocycles. The summed E-state index contributed by atoms with van der Waals surface area (Å²) in [6.07, 6.45) is 7.23. The second kappa shape index (κ2) is 12.9. The first-order chi connectivity index (χ1) is 10.1. The van der Waals surface area contributed by atoms with Gasteiger partial charge in [0.1, 0.15) is 17.9 Å². The Morgan fingerprint density at radius 3 is 2.29 bits per heavy atom. The minimum Gasteiger partial charge on any atom is -0.507 e. The van der Waals surface area contributed by atoms with E-state index < -0.39 is 5.97 Å². The zero-order valence-corrected chi connectivity index (χ0v) is 12.3. The van der Waals surface area contributed by atoms with Crippen molar-refractivity contribution in [1.82, 2.24) is 0 Å². The predicted molar refractivity (Wildman–Crippen MR) is 80.2 cm³/mol. The number of hydrogen-bond donors (Lipinski definition) is 2. The largest absolute Gasteiger partial charge is 0.507 e. The van der Waals surface area contributed by atoms with Crippen LogP contribution in [0, 0.1) is 4.91 Å². The summed E-state index contributed by atoms with van der Waals surface area (Å²) in [6, 6.07) is 5.81. The zero-order valence-electron chi connectivity index (χ0n) is 12.3.